The van der Waals surface area contributed by atoms with E-state index in [0.29, 0.717) is 6.61 Å². The smallest absolute Gasteiger partial charge is 0.161 e. The van der Waals surface area contributed by atoms with Crippen LogP contribution in [0.25, 0.3) is 0 Å². The van der Waals surface area contributed by atoms with Crippen LogP contribution >= 0.6 is 22.6 Å². The van der Waals surface area contributed by atoms with Crippen LogP contribution < -0.4 is 14.8 Å². The lowest BCUT2D eigenvalue weighted by Gasteiger charge is -2.10. The van der Waals surface area contributed by atoms with Crippen LogP contribution in [0.5, 0.6) is 11.5 Å². The molecule has 0 aliphatic rings. The van der Waals surface area contributed by atoms with Crippen LogP contribution in [0.3, 0.4) is 0 Å². The van der Waals surface area contributed by atoms with Gasteiger partial charge in [0, 0.05) is 6.54 Å². The summed E-state index contributed by atoms with van der Waals surface area (Å²) in [6.07, 6.45) is 3.88. The molecular weight excluding hydrogens is 341 g/mol. The molecule has 0 saturated carbocycles. The Hall–Kier alpha value is -0.490. The number of unbranched alkanes of at least 4 members (excludes halogenated alkanes) is 2. The SMILES string of the molecule is COc1ccccc1OCCNCCCCCI. The molecule has 0 saturated heterocycles. The third-order valence-electron chi connectivity index (χ3n) is 2.59. The molecule has 3 nitrogen and oxygen atoms in total. The van der Waals surface area contributed by atoms with Crippen molar-refractivity contribution < 1.29 is 9.47 Å². The standard InChI is InChI=1S/C14H22INO2/c1-17-13-7-3-4-8-14(13)18-12-11-16-10-6-2-5-9-15/h3-4,7-8,16H,2,5-6,9-12H2,1H3. The Bertz CT molecular complexity index is 320. The van der Waals surface area contributed by atoms with Gasteiger partial charge in [-0.2, -0.15) is 0 Å². The van der Waals surface area contributed by atoms with E-state index in [4.69, 9.17) is 9.47 Å². The van der Waals surface area contributed by atoms with Gasteiger partial charge in [-0.3, -0.25) is 0 Å². The topological polar surface area (TPSA) is 30.5 Å². The van der Waals surface area contributed by atoms with Gasteiger partial charge in [0.2, 0.25) is 0 Å². The second-order valence-electron chi connectivity index (χ2n) is 4.00. The zero-order chi connectivity index (χ0) is 13.1. The molecule has 0 bridgehead atoms. The maximum Gasteiger partial charge on any atom is 0.161 e. The number of rotatable bonds is 10. The fourth-order valence-corrected chi connectivity index (χ4v) is 2.16. The van der Waals surface area contributed by atoms with Crippen molar-refractivity contribution in [3.63, 3.8) is 0 Å². The Balaban J connectivity index is 2.07. The fourth-order valence-electron chi connectivity index (χ4n) is 1.62. The van der Waals surface area contributed by atoms with E-state index < -0.39 is 0 Å². The largest absolute Gasteiger partial charge is 0.493 e. The summed E-state index contributed by atoms with van der Waals surface area (Å²) in [7, 11) is 1.66. The highest BCUT2D eigenvalue weighted by Gasteiger charge is 2.01. The van der Waals surface area contributed by atoms with Gasteiger partial charge in [-0.15, -0.1) is 0 Å². The highest BCUT2D eigenvalue weighted by molar-refractivity contribution is 14.1. The molecule has 0 aliphatic heterocycles. The summed E-state index contributed by atoms with van der Waals surface area (Å²) in [6, 6.07) is 7.73. The molecular formula is C14H22INO2. The summed E-state index contributed by atoms with van der Waals surface area (Å²) in [5.41, 5.74) is 0. The average Bonchev–Trinajstić information content (AvgIpc) is 2.42. The summed E-state index contributed by atoms with van der Waals surface area (Å²) in [5, 5.41) is 3.38. The van der Waals surface area contributed by atoms with Crippen LogP contribution in [0.15, 0.2) is 24.3 Å². The van der Waals surface area contributed by atoms with E-state index in [1.807, 2.05) is 24.3 Å². The lowest BCUT2D eigenvalue weighted by atomic mass is 10.2. The first-order valence-electron chi connectivity index (χ1n) is 6.41. The van der Waals surface area contributed by atoms with Crippen molar-refractivity contribution >= 4 is 22.6 Å². The Morgan fingerprint density at radius 1 is 1.06 bits per heavy atom. The van der Waals surface area contributed by atoms with Crippen LogP contribution in [0.2, 0.25) is 0 Å². The minimum Gasteiger partial charge on any atom is -0.493 e. The highest BCUT2D eigenvalue weighted by Crippen LogP contribution is 2.25. The molecule has 0 radical (unpaired) electrons. The zero-order valence-electron chi connectivity index (χ0n) is 11.0. The van der Waals surface area contributed by atoms with E-state index >= 15 is 0 Å². The molecule has 0 atom stereocenters. The van der Waals surface area contributed by atoms with Crippen molar-refractivity contribution in [2.24, 2.45) is 0 Å². The third-order valence-corrected chi connectivity index (χ3v) is 3.36. The second-order valence-corrected chi connectivity index (χ2v) is 5.08. The first-order valence-corrected chi connectivity index (χ1v) is 7.93. The number of benzene rings is 1. The van der Waals surface area contributed by atoms with E-state index in [1.54, 1.807) is 7.11 Å². The van der Waals surface area contributed by atoms with Gasteiger partial charge in [0.15, 0.2) is 11.5 Å². The van der Waals surface area contributed by atoms with Gasteiger partial charge < -0.3 is 14.8 Å². The Labute approximate surface area is 123 Å². The molecule has 0 aromatic heterocycles. The molecule has 4 heteroatoms. The number of methoxy groups -OCH3 is 1. The number of hydrogen-bond donors (Lipinski definition) is 1. The molecule has 0 unspecified atom stereocenters. The second kappa shape index (κ2) is 10.4. The van der Waals surface area contributed by atoms with E-state index in [1.165, 1.54) is 23.7 Å². The summed E-state index contributed by atoms with van der Waals surface area (Å²) in [5.74, 6) is 1.60. The van der Waals surface area contributed by atoms with Crippen molar-refractivity contribution in [1.82, 2.24) is 5.32 Å². The lowest BCUT2D eigenvalue weighted by molar-refractivity contribution is 0.292. The molecule has 1 aromatic rings. The van der Waals surface area contributed by atoms with Gasteiger partial charge >= 0.3 is 0 Å². The van der Waals surface area contributed by atoms with Crippen molar-refractivity contribution in [2.75, 3.05) is 31.2 Å². The average molecular weight is 363 g/mol. The Morgan fingerprint density at radius 2 is 1.83 bits per heavy atom. The normalized spacial score (nSPS) is 10.3. The summed E-state index contributed by atoms with van der Waals surface area (Å²) in [4.78, 5) is 0. The van der Waals surface area contributed by atoms with Gasteiger partial charge in [0.25, 0.3) is 0 Å². The van der Waals surface area contributed by atoms with Crippen LogP contribution in [-0.2, 0) is 0 Å². The van der Waals surface area contributed by atoms with Crippen LogP contribution in [0.4, 0.5) is 0 Å². The van der Waals surface area contributed by atoms with Gasteiger partial charge in [-0.25, -0.2) is 0 Å². The van der Waals surface area contributed by atoms with Crippen molar-refractivity contribution in [2.45, 2.75) is 19.3 Å². The van der Waals surface area contributed by atoms with Crippen LogP contribution in [-0.4, -0.2) is 31.2 Å². The number of ether oxygens (including phenoxy) is 2. The van der Waals surface area contributed by atoms with Crippen molar-refractivity contribution in [3.05, 3.63) is 24.3 Å². The van der Waals surface area contributed by atoms with E-state index in [0.717, 1.165) is 24.6 Å². The zero-order valence-corrected chi connectivity index (χ0v) is 13.1. The highest BCUT2D eigenvalue weighted by atomic mass is 127. The Kier molecular flexibility index (Phi) is 9.02. The van der Waals surface area contributed by atoms with Gasteiger partial charge in [0.05, 0.1) is 7.11 Å². The predicted molar refractivity (Wildman–Crippen MR) is 84.1 cm³/mol. The number of para-hydroxylation sites is 2. The minimum absolute atomic E-state index is 0.673. The molecule has 0 amide bonds. The van der Waals surface area contributed by atoms with Gasteiger partial charge in [0.1, 0.15) is 6.61 Å². The Morgan fingerprint density at radius 3 is 2.56 bits per heavy atom. The molecule has 0 aliphatic carbocycles. The molecule has 18 heavy (non-hydrogen) atoms. The number of alkyl halides is 1. The minimum atomic E-state index is 0.673. The molecule has 1 aromatic carbocycles. The number of nitrogens with one attached hydrogen (secondary N) is 1. The third kappa shape index (κ3) is 6.44. The summed E-state index contributed by atoms with van der Waals surface area (Å²) in [6.45, 7) is 2.63. The van der Waals surface area contributed by atoms with Crippen LogP contribution in [0, 0.1) is 0 Å². The molecule has 1 N–H and O–H groups in total. The molecule has 0 fully saturated rings. The van der Waals surface area contributed by atoms with Crippen molar-refractivity contribution in [3.8, 4) is 11.5 Å². The maximum absolute atomic E-state index is 5.67. The first kappa shape index (κ1) is 15.6. The predicted octanol–water partition coefficient (Wildman–Crippen LogP) is 3.27. The van der Waals surface area contributed by atoms with Gasteiger partial charge in [-0.05, 0) is 35.9 Å². The molecule has 0 heterocycles. The van der Waals surface area contributed by atoms with E-state index in [-0.39, 0.29) is 0 Å². The number of hydrogen-bond acceptors (Lipinski definition) is 3. The van der Waals surface area contributed by atoms with Gasteiger partial charge in [-0.1, -0.05) is 41.1 Å². The molecule has 102 valence electrons. The molecule has 0 spiro atoms. The fraction of sp³-hybridized carbons (Fsp3) is 0.571. The summed E-state index contributed by atoms with van der Waals surface area (Å²) >= 11 is 2.42. The monoisotopic (exact) mass is 363 g/mol. The first-order chi connectivity index (χ1) is 8.88. The lowest BCUT2D eigenvalue weighted by Crippen LogP contribution is -2.22. The summed E-state index contributed by atoms with van der Waals surface area (Å²) < 4.78 is 12.1. The number of halogens is 1. The van der Waals surface area contributed by atoms with E-state index in [9.17, 15) is 0 Å². The maximum atomic E-state index is 5.67. The molecule has 1 rings (SSSR count). The quantitative estimate of drug-likeness (QED) is 0.393. The van der Waals surface area contributed by atoms with Crippen molar-refractivity contribution in [1.29, 1.82) is 0 Å². The van der Waals surface area contributed by atoms with E-state index in [2.05, 4.69) is 27.9 Å². The van der Waals surface area contributed by atoms with Crippen LogP contribution in [0.1, 0.15) is 19.3 Å².